The minimum Gasteiger partial charge on any atom is -0.339 e. The number of nitrogens with zero attached hydrogens (tertiary/aromatic N) is 5. The second kappa shape index (κ2) is 6.49. The average molecular weight is 348 g/mol. The van der Waals surface area contributed by atoms with Gasteiger partial charge in [-0.15, -0.1) is 0 Å². The van der Waals surface area contributed by atoms with Crippen LogP contribution in [0.2, 0.25) is 0 Å². The number of aromatic nitrogens is 5. The van der Waals surface area contributed by atoms with Gasteiger partial charge in [-0.2, -0.15) is 4.98 Å². The molecule has 0 saturated carbocycles. The monoisotopic (exact) mass is 348 g/mol. The standard InChI is InChI=1S/C14H16N6O3S/c1-10-17-13(9-20(10)2)24(21,22)16-7-5-12-18-14(19-23-12)11-4-3-6-15-8-11/h3-4,6,8-9,16H,5,7H2,1-2H3. The Labute approximate surface area is 138 Å². The molecule has 0 atom stereocenters. The molecule has 0 aliphatic carbocycles. The summed E-state index contributed by atoms with van der Waals surface area (Å²) in [4.78, 5) is 12.2. The van der Waals surface area contributed by atoms with Crippen molar-refractivity contribution >= 4 is 10.0 Å². The van der Waals surface area contributed by atoms with Crippen LogP contribution in [0.4, 0.5) is 0 Å². The molecule has 0 bridgehead atoms. The molecule has 3 rings (SSSR count). The van der Waals surface area contributed by atoms with Crippen LogP contribution in [0.25, 0.3) is 11.4 Å². The Hall–Kier alpha value is -2.59. The summed E-state index contributed by atoms with van der Waals surface area (Å²) in [6.45, 7) is 1.87. The Morgan fingerprint density at radius 3 is 2.83 bits per heavy atom. The number of hydrogen-bond acceptors (Lipinski definition) is 7. The Bertz CT molecular complexity index is 913. The van der Waals surface area contributed by atoms with Gasteiger partial charge in [0.2, 0.25) is 11.7 Å². The van der Waals surface area contributed by atoms with E-state index in [1.807, 2.05) is 6.07 Å². The molecule has 0 aliphatic rings. The lowest BCUT2D eigenvalue weighted by Gasteiger charge is -2.01. The number of aryl methyl sites for hydroxylation is 2. The fourth-order valence-electron chi connectivity index (χ4n) is 1.99. The van der Waals surface area contributed by atoms with E-state index in [2.05, 4.69) is 24.8 Å². The van der Waals surface area contributed by atoms with E-state index in [9.17, 15) is 8.42 Å². The van der Waals surface area contributed by atoms with Crippen LogP contribution >= 0.6 is 0 Å². The lowest BCUT2D eigenvalue weighted by molar-refractivity contribution is 0.379. The highest BCUT2D eigenvalue weighted by molar-refractivity contribution is 7.89. The molecule has 0 aliphatic heterocycles. The zero-order chi connectivity index (χ0) is 17.2. The zero-order valence-corrected chi connectivity index (χ0v) is 14.0. The van der Waals surface area contributed by atoms with E-state index in [1.54, 1.807) is 37.0 Å². The molecule has 9 nitrogen and oxygen atoms in total. The van der Waals surface area contributed by atoms with Crippen molar-refractivity contribution in [1.29, 1.82) is 0 Å². The van der Waals surface area contributed by atoms with Gasteiger partial charge in [0, 0.05) is 44.2 Å². The molecule has 0 unspecified atom stereocenters. The van der Waals surface area contributed by atoms with E-state index in [0.29, 0.717) is 17.5 Å². The van der Waals surface area contributed by atoms with Gasteiger partial charge >= 0.3 is 0 Å². The molecule has 3 heterocycles. The second-order valence-electron chi connectivity index (χ2n) is 5.14. The van der Waals surface area contributed by atoms with Gasteiger partial charge < -0.3 is 9.09 Å². The molecule has 0 amide bonds. The minimum atomic E-state index is -3.66. The normalized spacial score (nSPS) is 11.8. The molecular weight excluding hydrogens is 332 g/mol. The van der Waals surface area contributed by atoms with E-state index < -0.39 is 10.0 Å². The third kappa shape index (κ3) is 3.49. The molecule has 3 aromatic rings. The van der Waals surface area contributed by atoms with Crippen molar-refractivity contribution in [2.24, 2.45) is 7.05 Å². The second-order valence-corrected chi connectivity index (χ2v) is 6.85. The summed E-state index contributed by atoms with van der Waals surface area (Å²) in [7, 11) is -1.92. The highest BCUT2D eigenvalue weighted by Crippen LogP contribution is 2.14. The van der Waals surface area contributed by atoms with Crippen molar-refractivity contribution in [2.45, 2.75) is 18.4 Å². The highest BCUT2D eigenvalue weighted by atomic mass is 32.2. The van der Waals surface area contributed by atoms with Crippen LogP contribution in [-0.2, 0) is 23.5 Å². The maximum absolute atomic E-state index is 12.2. The predicted octanol–water partition coefficient (Wildman–Crippen LogP) is 0.695. The molecule has 3 aromatic heterocycles. The first-order chi connectivity index (χ1) is 11.5. The molecule has 1 N–H and O–H groups in total. The number of imidazole rings is 1. The molecule has 24 heavy (non-hydrogen) atoms. The Morgan fingerprint density at radius 2 is 2.17 bits per heavy atom. The molecule has 0 radical (unpaired) electrons. The van der Waals surface area contributed by atoms with E-state index in [0.717, 1.165) is 5.56 Å². The molecule has 0 fully saturated rings. The summed E-state index contributed by atoms with van der Waals surface area (Å²) in [5.41, 5.74) is 0.733. The van der Waals surface area contributed by atoms with Crippen molar-refractivity contribution in [2.75, 3.05) is 6.54 Å². The van der Waals surface area contributed by atoms with E-state index >= 15 is 0 Å². The number of hydrogen-bond donors (Lipinski definition) is 1. The molecule has 0 saturated heterocycles. The summed E-state index contributed by atoms with van der Waals surface area (Å²) >= 11 is 0. The van der Waals surface area contributed by atoms with E-state index in [-0.39, 0.29) is 18.0 Å². The first-order valence-corrected chi connectivity index (χ1v) is 8.66. The van der Waals surface area contributed by atoms with Gasteiger partial charge in [-0.1, -0.05) is 5.16 Å². The van der Waals surface area contributed by atoms with Gasteiger partial charge in [0.1, 0.15) is 5.82 Å². The smallest absolute Gasteiger partial charge is 0.259 e. The largest absolute Gasteiger partial charge is 0.339 e. The Morgan fingerprint density at radius 1 is 1.33 bits per heavy atom. The Kier molecular flexibility index (Phi) is 4.40. The molecule has 126 valence electrons. The van der Waals surface area contributed by atoms with Crippen LogP contribution in [0.3, 0.4) is 0 Å². The lowest BCUT2D eigenvalue weighted by Crippen LogP contribution is -2.26. The van der Waals surface area contributed by atoms with Gasteiger partial charge in [-0.05, 0) is 19.1 Å². The highest BCUT2D eigenvalue weighted by Gasteiger charge is 2.18. The topological polar surface area (TPSA) is 116 Å². The number of nitrogens with one attached hydrogen (secondary N) is 1. The van der Waals surface area contributed by atoms with Crippen molar-refractivity contribution in [3.63, 3.8) is 0 Å². The zero-order valence-electron chi connectivity index (χ0n) is 13.2. The number of sulfonamides is 1. The van der Waals surface area contributed by atoms with Crippen molar-refractivity contribution < 1.29 is 12.9 Å². The van der Waals surface area contributed by atoms with Gasteiger partial charge in [-0.25, -0.2) is 18.1 Å². The number of rotatable bonds is 6. The van der Waals surface area contributed by atoms with E-state index in [1.165, 1.54) is 6.20 Å². The third-order valence-corrected chi connectivity index (χ3v) is 4.71. The van der Waals surface area contributed by atoms with Crippen LogP contribution in [0.1, 0.15) is 11.7 Å². The van der Waals surface area contributed by atoms with Crippen molar-refractivity contribution in [1.82, 2.24) is 29.4 Å². The summed E-state index contributed by atoms with van der Waals surface area (Å²) in [6.07, 6.45) is 5.02. The fourth-order valence-corrected chi connectivity index (χ4v) is 3.06. The summed E-state index contributed by atoms with van der Waals surface area (Å²) in [5, 5.41) is 3.85. The SMILES string of the molecule is Cc1nc(S(=O)(=O)NCCc2nc(-c3cccnc3)no2)cn1C. The van der Waals surface area contributed by atoms with Crippen LogP contribution in [0, 0.1) is 6.92 Å². The molecule has 0 aromatic carbocycles. The number of pyridine rings is 1. The van der Waals surface area contributed by atoms with Crippen LogP contribution in [-0.4, -0.2) is 39.6 Å². The lowest BCUT2D eigenvalue weighted by atomic mass is 10.3. The molecule has 10 heteroatoms. The molecule has 0 spiro atoms. The first kappa shape index (κ1) is 16.3. The third-order valence-electron chi connectivity index (χ3n) is 3.38. The van der Waals surface area contributed by atoms with Gasteiger partial charge in [0.25, 0.3) is 10.0 Å². The van der Waals surface area contributed by atoms with E-state index in [4.69, 9.17) is 4.52 Å². The van der Waals surface area contributed by atoms with Crippen molar-refractivity contribution in [3.05, 3.63) is 42.4 Å². The summed E-state index contributed by atoms with van der Waals surface area (Å²) in [6, 6.07) is 3.59. The minimum absolute atomic E-state index is 0.0101. The van der Waals surface area contributed by atoms with Crippen LogP contribution in [0.5, 0.6) is 0 Å². The van der Waals surface area contributed by atoms with Crippen molar-refractivity contribution in [3.8, 4) is 11.4 Å². The predicted molar refractivity (Wildman–Crippen MR) is 84.4 cm³/mol. The fraction of sp³-hybridized carbons (Fsp3) is 0.286. The summed E-state index contributed by atoms with van der Waals surface area (Å²) in [5.74, 6) is 1.38. The maximum Gasteiger partial charge on any atom is 0.259 e. The Balaban J connectivity index is 1.61. The van der Waals surface area contributed by atoms with Gasteiger partial charge in [-0.3, -0.25) is 4.98 Å². The average Bonchev–Trinajstić information content (AvgIpc) is 3.16. The van der Waals surface area contributed by atoms with Gasteiger partial charge in [0.15, 0.2) is 5.03 Å². The first-order valence-electron chi connectivity index (χ1n) is 7.18. The quantitative estimate of drug-likeness (QED) is 0.697. The van der Waals surface area contributed by atoms with Crippen LogP contribution < -0.4 is 4.72 Å². The molecular formula is C14H16N6O3S. The maximum atomic E-state index is 12.2. The van der Waals surface area contributed by atoms with Crippen LogP contribution in [0.15, 0.2) is 40.3 Å². The van der Waals surface area contributed by atoms with Gasteiger partial charge in [0.05, 0.1) is 0 Å². The summed E-state index contributed by atoms with van der Waals surface area (Å²) < 4.78 is 33.5.